The smallest absolute Gasteiger partial charge is 0.273 e. The van der Waals surface area contributed by atoms with Crippen LogP contribution in [0.1, 0.15) is 31.8 Å². The molecule has 0 atom stereocenters. The second-order valence-corrected chi connectivity index (χ2v) is 6.63. The summed E-state index contributed by atoms with van der Waals surface area (Å²) in [7, 11) is 3.02. The second kappa shape index (κ2) is 10.1. The molecule has 0 spiro atoms. The fraction of sp³-hybridized carbons (Fsp3) is 0.125. The molecule has 0 saturated carbocycles. The zero-order valence-corrected chi connectivity index (χ0v) is 17.5. The van der Waals surface area contributed by atoms with Crippen LogP contribution in [0.5, 0.6) is 11.5 Å². The van der Waals surface area contributed by atoms with E-state index in [1.54, 1.807) is 48.7 Å². The molecule has 0 saturated heterocycles. The SMILES string of the molecule is COc1ccc(C(=O)Nc2ccccc2C(=O)N/N=C/c2ccccc2C)cc1OC. The van der Waals surface area contributed by atoms with Crippen LogP contribution >= 0.6 is 0 Å². The van der Waals surface area contributed by atoms with E-state index in [4.69, 9.17) is 9.47 Å². The topological polar surface area (TPSA) is 89.0 Å². The lowest BCUT2D eigenvalue weighted by molar-refractivity contribution is 0.0956. The van der Waals surface area contributed by atoms with E-state index >= 15 is 0 Å². The van der Waals surface area contributed by atoms with Crippen molar-refractivity contribution < 1.29 is 19.1 Å². The van der Waals surface area contributed by atoms with Crippen molar-refractivity contribution in [2.24, 2.45) is 5.10 Å². The predicted octanol–water partition coefficient (Wildman–Crippen LogP) is 4.03. The maximum atomic E-state index is 12.7. The molecule has 3 aromatic carbocycles. The van der Waals surface area contributed by atoms with Crippen LogP contribution in [-0.2, 0) is 0 Å². The van der Waals surface area contributed by atoms with Gasteiger partial charge in [-0.25, -0.2) is 5.43 Å². The van der Waals surface area contributed by atoms with Crippen LogP contribution in [0, 0.1) is 6.92 Å². The van der Waals surface area contributed by atoms with Gasteiger partial charge in [-0.1, -0.05) is 36.4 Å². The summed E-state index contributed by atoms with van der Waals surface area (Å²) in [5, 5.41) is 6.80. The number of hydrogen-bond donors (Lipinski definition) is 2. The number of methoxy groups -OCH3 is 2. The first-order valence-electron chi connectivity index (χ1n) is 9.55. The third-order valence-corrected chi connectivity index (χ3v) is 4.62. The molecule has 31 heavy (non-hydrogen) atoms. The number of anilines is 1. The minimum absolute atomic E-state index is 0.290. The Hall–Kier alpha value is -4.13. The summed E-state index contributed by atoms with van der Waals surface area (Å²) in [5.74, 6) is 0.134. The molecule has 0 aliphatic carbocycles. The molecular formula is C24H23N3O4. The van der Waals surface area contributed by atoms with Crippen molar-refractivity contribution in [3.05, 3.63) is 89.0 Å². The number of para-hydroxylation sites is 1. The van der Waals surface area contributed by atoms with E-state index in [1.807, 2.05) is 31.2 Å². The standard InChI is InChI=1S/C24H23N3O4/c1-16-8-4-5-9-18(16)15-25-27-24(29)19-10-6-7-11-20(19)26-23(28)17-12-13-21(30-2)22(14-17)31-3/h4-15H,1-3H3,(H,26,28)(H,27,29)/b25-15+. The van der Waals surface area contributed by atoms with Crippen LogP contribution in [0.4, 0.5) is 5.69 Å². The quantitative estimate of drug-likeness (QED) is 0.449. The van der Waals surface area contributed by atoms with E-state index < -0.39 is 5.91 Å². The fourth-order valence-electron chi connectivity index (χ4n) is 2.91. The number of benzene rings is 3. The number of nitrogens with zero attached hydrogens (tertiary/aromatic N) is 1. The molecule has 0 aromatic heterocycles. The number of ether oxygens (including phenoxy) is 2. The fourth-order valence-corrected chi connectivity index (χ4v) is 2.91. The molecule has 0 unspecified atom stereocenters. The predicted molar refractivity (Wildman–Crippen MR) is 120 cm³/mol. The van der Waals surface area contributed by atoms with Gasteiger partial charge in [0.1, 0.15) is 0 Å². The van der Waals surface area contributed by atoms with Crippen molar-refractivity contribution in [1.82, 2.24) is 5.43 Å². The molecule has 7 heteroatoms. The first kappa shape index (κ1) is 21.6. The van der Waals surface area contributed by atoms with E-state index in [0.29, 0.717) is 28.3 Å². The second-order valence-electron chi connectivity index (χ2n) is 6.63. The van der Waals surface area contributed by atoms with E-state index in [1.165, 1.54) is 14.2 Å². The van der Waals surface area contributed by atoms with Gasteiger partial charge in [0.15, 0.2) is 11.5 Å². The van der Waals surface area contributed by atoms with Gasteiger partial charge in [0.2, 0.25) is 0 Å². The molecule has 7 nitrogen and oxygen atoms in total. The lowest BCUT2D eigenvalue weighted by Crippen LogP contribution is -2.21. The molecular weight excluding hydrogens is 394 g/mol. The number of carbonyl (C=O) groups excluding carboxylic acids is 2. The van der Waals surface area contributed by atoms with Gasteiger partial charge in [0.25, 0.3) is 11.8 Å². The molecule has 3 rings (SSSR count). The van der Waals surface area contributed by atoms with Gasteiger partial charge < -0.3 is 14.8 Å². The first-order chi connectivity index (χ1) is 15.0. The van der Waals surface area contributed by atoms with Crippen LogP contribution in [0.25, 0.3) is 0 Å². The monoisotopic (exact) mass is 417 g/mol. The summed E-state index contributed by atoms with van der Waals surface area (Å²) in [6, 6.07) is 19.2. The lowest BCUT2D eigenvalue weighted by atomic mass is 10.1. The molecule has 3 aromatic rings. The summed E-state index contributed by atoms with van der Waals surface area (Å²) in [6.07, 6.45) is 1.58. The lowest BCUT2D eigenvalue weighted by Gasteiger charge is -2.12. The molecule has 0 heterocycles. The molecule has 2 amide bonds. The third-order valence-electron chi connectivity index (χ3n) is 4.62. The maximum absolute atomic E-state index is 12.7. The van der Waals surface area contributed by atoms with E-state index in [-0.39, 0.29) is 5.91 Å². The summed E-state index contributed by atoms with van der Waals surface area (Å²) in [4.78, 5) is 25.4. The van der Waals surface area contributed by atoms with Gasteiger partial charge in [-0.3, -0.25) is 9.59 Å². The molecule has 0 aliphatic heterocycles. The van der Waals surface area contributed by atoms with Crippen molar-refractivity contribution in [3.63, 3.8) is 0 Å². The van der Waals surface area contributed by atoms with Crippen LogP contribution < -0.4 is 20.2 Å². The average Bonchev–Trinajstić information content (AvgIpc) is 2.80. The number of nitrogens with one attached hydrogen (secondary N) is 2. The summed E-state index contributed by atoms with van der Waals surface area (Å²) in [6.45, 7) is 1.96. The van der Waals surface area contributed by atoms with Gasteiger partial charge in [0.05, 0.1) is 31.7 Å². The third kappa shape index (κ3) is 5.27. The summed E-state index contributed by atoms with van der Waals surface area (Å²) >= 11 is 0. The average molecular weight is 417 g/mol. The highest BCUT2D eigenvalue weighted by atomic mass is 16.5. The highest BCUT2D eigenvalue weighted by molar-refractivity contribution is 6.09. The number of rotatable bonds is 7. The molecule has 2 N–H and O–H groups in total. The molecule has 0 fully saturated rings. The largest absolute Gasteiger partial charge is 0.493 e. The van der Waals surface area contributed by atoms with Crippen molar-refractivity contribution in [3.8, 4) is 11.5 Å². The van der Waals surface area contributed by atoms with E-state index in [0.717, 1.165) is 11.1 Å². The van der Waals surface area contributed by atoms with E-state index in [9.17, 15) is 9.59 Å². The zero-order chi connectivity index (χ0) is 22.2. The Morgan fingerprint density at radius 1 is 0.871 bits per heavy atom. The summed E-state index contributed by atoms with van der Waals surface area (Å²) < 4.78 is 10.4. The van der Waals surface area contributed by atoms with Crippen molar-refractivity contribution in [1.29, 1.82) is 0 Å². The number of aryl methyl sites for hydroxylation is 1. The minimum Gasteiger partial charge on any atom is -0.493 e. The number of hydrazone groups is 1. The normalized spacial score (nSPS) is 10.5. The Kier molecular flexibility index (Phi) is 7.01. The highest BCUT2D eigenvalue weighted by Crippen LogP contribution is 2.28. The van der Waals surface area contributed by atoms with Crippen molar-refractivity contribution >= 4 is 23.7 Å². The van der Waals surface area contributed by atoms with Crippen LogP contribution in [0.15, 0.2) is 71.8 Å². The van der Waals surface area contributed by atoms with Crippen LogP contribution in [0.3, 0.4) is 0 Å². The van der Waals surface area contributed by atoms with Crippen molar-refractivity contribution in [2.75, 3.05) is 19.5 Å². The number of hydrogen-bond acceptors (Lipinski definition) is 5. The molecule has 0 radical (unpaired) electrons. The Morgan fingerprint density at radius 2 is 1.58 bits per heavy atom. The molecule has 0 aliphatic rings. The molecule has 0 bridgehead atoms. The van der Waals surface area contributed by atoms with Gasteiger partial charge in [-0.15, -0.1) is 0 Å². The minimum atomic E-state index is -0.437. The van der Waals surface area contributed by atoms with Gasteiger partial charge in [-0.2, -0.15) is 5.10 Å². The Balaban J connectivity index is 1.75. The van der Waals surface area contributed by atoms with Gasteiger partial charge >= 0.3 is 0 Å². The Labute approximate surface area is 180 Å². The van der Waals surface area contributed by atoms with Gasteiger partial charge in [-0.05, 0) is 48.4 Å². The number of carbonyl (C=O) groups is 2. The molecule has 158 valence electrons. The Bertz CT molecular complexity index is 1130. The summed E-state index contributed by atoms with van der Waals surface area (Å²) in [5.41, 5.74) is 5.47. The van der Waals surface area contributed by atoms with Crippen LogP contribution in [-0.4, -0.2) is 32.2 Å². The van der Waals surface area contributed by atoms with E-state index in [2.05, 4.69) is 15.8 Å². The highest BCUT2D eigenvalue weighted by Gasteiger charge is 2.15. The van der Waals surface area contributed by atoms with Crippen molar-refractivity contribution in [2.45, 2.75) is 6.92 Å². The van der Waals surface area contributed by atoms with Crippen LogP contribution in [0.2, 0.25) is 0 Å². The Morgan fingerprint density at radius 3 is 2.32 bits per heavy atom. The zero-order valence-electron chi connectivity index (χ0n) is 17.5. The number of amides is 2. The maximum Gasteiger partial charge on any atom is 0.273 e. The first-order valence-corrected chi connectivity index (χ1v) is 9.55. The van der Waals surface area contributed by atoms with Gasteiger partial charge in [0, 0.05) is 5.56 Å².